The summed E-state index contributed by atoms with van der Waals surface area (Å²) in [5.74, 6) is 0.644. The molecule has 0 saturated heterocycles. The van der Waals surface area contributed by atoms with Crippen LogP contribution in [0.3, 0.4) is 0 Å². The monoisotopic (exact) mass is 674 g/mol. The molecule has 2 aromatic carbocycles. The van der Waals surface area contributed by atoms with E-state index in [1.807, 2.05) is 37.3 Å². The Hall–Kier alpha value is -2.49. The van der Waals surface area contributed by atoms with Crippen molar-refractivity contribution >= 4 is 55.2 Å². The summed E-state index contributed by atoms with van der Waals surface area (Å²) in [6.07, 6.45) is 3.27. The molecule has 39 heavy (non-hydrogen) atoms. The van der Waals surface area contributed by atoms with Crippen LogP contribution >= 0.6 is 43.2 Å². The van der Waals surface area contributed by atoms with Gasteiger partial charge in [0, 0.05) is 0 Å². The Balaban J connectivity index is 1.95. The van der Waals surface area contributed by atoms with Crippen molar-refractivity contribution in [3.63, 3.8) is 0 Å². The average Bonchev–Trinajstić information content (AvgIpc) is 3.20. The fraction of sp³-hybridized carbons (Fsp3) is 0.367. The van der Waals surface area contributed by atoms with Crippen LogP contribution in [0.1, 0.15) is 76.1 Å². The average molecular weight is 676 g/mol. The molecule has 0 fully saturated rings. The molecule has 0 spiro atoms. The van der Waals surface area contributed by atoms with Gasteiger partial charge in [-0.1, -0.05) is 62.8 Å². The molecule has 4 rings (SSSR count). The van der Waals surface area contributed by atoms with Crippen LogP contribution < -0.4 is 19.6 Å². The number of carbonyl (C=O) groups is 1. The number of carbonyl (C=O) groups excluding carboxylic acids is 1. The number of rotatable bonds is 9. The standard InChI is InChI=1S/C30H32Br2N2O4S/c1-6-9-23-25(29(36)38-8-3)26(20-12-10-19(11-13-20)17(4)5)34-28(35)24(39-30(34)33-23)16-18-14-21(31)27(37-7-2)22(32)15-18/h10-17,26H,6-9H2,1-5H3/b24-16-/t26-/m0/s1. The lowest BCUT2D eigenvalue weighted by atomic mass is 9.92. The number of esters is 1. The van der Waals surface area contributed by atoms with Gasteiger partial charge in [0.15, 0.2) is 4.80 Å². The van der Waals surface area contributed by atoms with Crippen molar-refractivity contribution in [1.29, 1.82) is 0 Å². The maximum Gasteiger partial charge on any atom is 0.338 e. The van der Waals surface area contributed by atoms with Crippen molar-refractivity contribution in [3.05, 3.63) is 93.0 Å². The normalized spacial score (nSPS) is 15.4. The molecular formula is C30H32Br2N2O4S. The van der Waals surface area contributed by atoms with Gasteiger partial charge in [-0.3, -0.25) is 9.36 Å². The molecule has 9 heteroatoms. The Morgan fingerprint density at radius 2 is 1.77 bits per heavy atom. The first-order chi connectivity index (χ1) is 18.7. The van der Waals surface area contributed by atoms with Crippen LogP contribution in [0.4, 0.5) is 0 Å². The number of hydrogen-bond acceptors (Lipinski definition) is 6. The third-order valence-electron chi connectivity index (χ3n) is 6.42. The number of nitrogens with zero attached hydrogens (tertiary/aromatic N) is 2. The van der Waals surface area contributed by atoms with E-state index in [-0.39, 0.29) is 12.2 Å². The molecular weight excluding hydrogens is 644 g/mol. The largest absolute Gasteiger partial charge is 0.492 e. The van der Waals surface area contributed by atoms with Crippen molar-refractivity contribution < 1.29 is 14.3 Å². The second-order valence-corrected chi connectivity index (χ2v) is 12.2. The minimum absolute atomic E-state index is 0.199. The van der Waals surface area contributed by atoms with E-state index in [0.29, 0.717) is 45.3 Å². The lowest BCUT2D eigenvalue weighted by molar-refractivity contribution is -0.139. The number of halogens is 2. The van der Waals surface area contributed by atoms with Gasteiger partial charge < -0.3 is 9.47 Å². The predicted octanol–water partition coefficient (Wildman–Crippen LogP) is 6.63. The number of fused-ring (bicyclic) bond motifs is 1. The van der Waals surface area contributed by atoms with Gasteiger partial charge in [-0.05, 0) is 92.9 Å². The van der Waals surface area contributed by atoms with E-state index in [1.54, 1.807) is 11.5 Å². The van der Waals surface area contributed by atoms with E-state index < -0.39 is 12.0 Å². The first kappa shape index (κ1) is 29.5. The molecule has 1 atom stereocenters. The van der Waals surface area contributed by atoms with Gasteiger partial charge in [-0.25, -0.2) is 9.79 Å². The molecule has 1 aromatic heterocycles. The minimum atomic E-state index is -0.621. The Morgan fingerprint density at radius 3 is 2.33 bits per heavy atom. The highest BCUT2D eigenvalue weighted by Gasteiger charge is 2.34. The van der Waals surface area contributed by atoms with Gasteiger partial charge in [0.25, 0.3) is 5.56 Å². The molecule has 0 saturated carbocycles. The quantitative estimate of drug-likeness (QED) is 0.239. The van der Waals surface area contributed by atoms with Gasteiger partial charge in [-0.15, -0.1) is 0 Å². The summed E-state index contributed by atoms with van der Waals surface area (Å²) in [6, 6.07) is 11.4. The van der Waals surface area contributed by atoms with Crippen LogP contribution in [0.25, 0.3) is 6.08 Å². The second kappa shape index (κ2) is 12.8. The van der Waals surface area contributed by atoms with Gasteiger partial charge >= 0.3 is 5.97 Å². The molecule has 0 aliphatic carbocycles. The van der Waals surface area contributed by atoms with Crippen molar-refractivity contribution in [2.45, 2.75) is 59.4 Å². The van der Waals surface area contributed by atoms with E-state index in [9.17, 15) is 9.59 Å². The van der Waals surface area contributed by atoms with E-state index in [0.717, 1.165) is 26.5 Å². The summed E-state index contributed by atoms with van der Waals surface area (Å²) >= 11 is 8.48. The summed E-state index contributed by atoms with van der Waals surface area (Å²) < 4.78 is 14.9. The third kappa shape index (κ3) is 6.15. The van der Waals surface area contributed by atoms with E-state index in [4.69, 9.17) is 14.5 Å². The summed E-state index contributed by atoms with van der Waals surface area (Å²) in [7, 11) is 0. The molecule has 0 amide bonds. The van der Waals surface area contributed by atoms with Crippen LogP contribution in [-0.2, 0) is 9.53 Å². The van der Waals surface area contributed by atoms with E-state index >= 15 is 0 Å². The fourth-order valence-corrected chi connectivity index (χ4v) is 7.07. The molecule has 1 aliphatic heterocycles. The number of thiazole rings is 1. The summed E-state index contributed by atoms with van der Waals surface area (Å²) in [5, 5.41) is 0. The van der Waals surface area contributed by atoms with Crippen molar-refractivity contribution in [1.82, 2.24) is 4.57 Å². The fourth-order valence-electron chi connectivity index (χ4n) is 4.60. The first-order valence-electron chi connectivity index (χ1n) is 13.1. The third-order valence-corrected chi connectivity index (χ3v) is 8.58. The lowest BCUT2D eigenvalue weighted by Crippen LogP contribution is -2.40. The summed E-state index contributed by atoms with van der Waals surface area (Å²) in [5.41, 5.74) is 3.78. The Kier molecular flexibility index (Phi) is 9.67. The molecule has 2 heterocycles. The number of hydrogen-bond donors (Lipinski definition) is 0. The van der Waals surface area contributed by atoms with E-state index in [1.165, 1.54) is 16.9 Å². The molecule has 3 aromatic rings. The van der Waals surface area contributed by atoms with Crippen LogP contribution in [0.15, 0.2) is 66.4 Å². The number of allylic oxidation sites excluding steroid dienone is 1. The minimum Gasteiger partial charge on any atom is -0.492 e. The lowest BCUT2D eigenvalue weighted by Gasteiger charge is -2.26. The number of ether oxygens (including phenoxy) is 2. The second-order valence-electron chi connectivity index (χ2n) is 9.48. The van der Waals surface area contributed by atoms with Crippen molar-refractivity contribution in [2.75, 3.05) is 13.2 Å². The van der Waals surface area contributed by atoms with Crippen molar-refractivity contribution in [2.24, 2.45) is 4.99 Å². The van der Waals surface area contributed by atoms with Crippen LogP contribution in [0, 0.1) is 0 Å². The maximum atomic E-state index is 14.0. The zero-order valence-corrected chi connectivity index (χ0v) is 26.7. The smallest absolute Gasteiger partial charge is 0.338 e. The zero-order chi connectivity index (χ0) is 28.3. The molecule has 206 valence electrons. The molecule has 6 nitrogen and oxygen atoms in total. The number of benzene rings is 2. The van der Waals surface area contributed by atoms with Crippen LogP contribution in [0.2, 0.25) is 0 Å². The molecule has 1 aliphatic rings. The van der Waals surface area contributed by atoms with Gasteiger partial charge in [0.2, 0.25) is 0 Å². The maximum absolute atomic E-state index is 14.0. The van der Waals surface area contributed by atoms with Gasteiger partial charge in [0.1, 0.15) is 5.75 Å². The molecule has 0 N–H and O–H groups in total. The first-order valence-corrected chi connectivity index (χ1v) is 15.5. The molecule has 0 radical (unpaired) electrons. The predicted molar refractivity (Wildman–Crippen MR) is 163 cm³/mol. The van der Waals surface area contributed by atoms with Crippen LogP contribution in [-0.4, -0.2) is 23.8 Å². The SMILES string of the molecule is CCCC1=C(C(=O)OCC)[C@H](c2ccc(C(C)C)cc2)n2c(s/c(=C\c3cc(Br)c(OCC)c(Br)c3)c2=O)=N1. The topological polar surface area (TPSA) is 69.9 Å². The zero-order valence-electron chi connectivity index (χ0n) is 22.7. The van der Waals surface area contributed by atoms with Crippen LogP contribution in [0.5, 0.6) is 5.75 Å². The molecule has 0 bridgehead atoms. The van der Waals surface area contributed by atoms with E-state index in [2.05, 4.69) is 64.8 Å². The van der Waals surface area contributed by atoms with Gasteiger partial charge in [-0.2, -0.15) is 0 Å². The number of aromatic nitrogens is 1. The Labute approximate surface area is 249 Å². The highest BCUT2D eigenvalue weighted by Crippen LogP contribution is 2.35. The Bertz CT molecular complexity index is 1560. The summed E-state index contributed by atoms with van der Waals surface area (Å²) in [4.78, 5) is 32.7. The Morgan fingerprint density at radius 1 is 1.10 bits per heavy atom. The highest BCUT2D eigenvalue weighted by molar-refractivity contribution is 9.11. The van der Waals surface area contributed by atoms with Crippen molar-refractivity contribution in [3.8, 4) is 5.75 Å². The van der Waals surface area contributed by atoms with Gasteiger partial charge in [0.05, 0.1) is 44.0 Å². The summed E-state index contributed by atoms with van der Waals surface area (Å²) in [6.45, 7) is 10.8. The highest BCUT2D eigenvalue weighted by atomic mass is 79.9. The molecule has 0 unspecified atom stereocenters.